The highest BCUT2D eigenvalue weighted by Gasteiger charge is 2.27. The van der Waals surface area contributed by atoms with E-state index in [1.54, 1.807) is 18.2 Å². The first kappa shape index (κ1) is 24.7. The minimum Gasteiger partial charge on any atom is -0.478 e. The Hall–Kier alpha value is -3.03. The fourth-order valence-corrected chi connectivity index (χ4v) is 6.19. The van der Waals surface area contributed by atoms with Crippen molar-refractivity contribution in [2.24, 2.45) is 5.92 Å². The van der Waals surface area contributed by atoms with E-state index < -0.39 is 17.6 Å². The topological polar surface area (TPSA) is 40.5 Å². The zero-order valence-electron chi connectivity index (χ0n) is 19.6. The van der Waals surface area contributed by atoms with Crippen molar-refractivity contribution in [1.82, 2.24) is 4.90 Å². The maximum absolute atomic E-state index is 14.8. The molecule has 1 saturated heterocycles. The number of likely N-dealkylation sites (tertiary alicyclic amines) is 1. The lowest BCUT2D eigenvalue weighted by Gasteiger charge is -2.39. The molecule has 3 aromatic carbocycles. The van der Waals surface area contributed by atoms with Crippen molar-refractivity contribution < 1.29 is 23.1 Å². The second-order valence-electron chi connectivity index (χ2n) is 9.35. The van der Waals surface area contributed by atoms with Crippen LogP contribution in [0.5, 0.6) is 0 Å². The second-order valence-corrected chi connectivity index (χ2v) is 10.4. The number of fused-ring (bicyclic) bond motifs is 1. The van der Waals surface area contributed by atoms with E-state index in [4.69, 9.17) is 0 Å². The van der Waals surface area contributed by atoms with Gasteiger partial charge in [-0.2, -0.15) is 0 Å². The number of aromatic carboxylic acids is 1. The van der Waals surface area contributed by atoms with Crippen molar-refractivity contribution in [3.63, 3.8) is 0 Å². The van der Waals surface area contributed by atoms with E-state index in [2.05, 4.69) is 17.0 Å². The summed E-state index contributed by atoms with van der Waals surface area (Å²) in [5.41, 5.74) is 5.08. The van der Waals surface area contributed by atoms with Crippen molar-refractivity contribution in [3.8, 4) is 0 Å². The first-order valence-electron chi connectivity index (χ1n) is 12.0. The first-order chi connectivity index (χ1) is 17.4. The largest absolute Gasteiger partial charge is 0.478 e. The number of hydrogen-bond acceptors (Lipinski definition) is 3. The van der Waals surface area contributed by atoms with Gasteiger partial charge in [0.2, 0.25) is 0 Å². The van der Waals surface area contributed by atoms with E-state index >= 15 is 0 Å². The van der Waals surface area contributed by atoms with E-state index in [1.807, 2.05) is 12.1 Å². The molecule has 0 bridgehead atoms. The van der Waals surface area contributed by atoms with Gasteiger partial charge in [-0.25, -0.2) is 13.6 Å². The van der Waals surface area contributed by atoms with Crippen molar-refractivity contribution >= 4 is 28.9 Å². The van der Waals surface area contributed by atoms with E-state index in [1.165, 1.54) is 29.5 Å². The summed E-state index contributed by atoms with van der Waals surface area (Å²) >= 11 is 1.45. The predicted octanol–water partition coefficient (Wildman–Crippen LogP) is 6.56. The lowest BCUT2D eigenvalue weighted by Crippen LogP contribution is -2.47. The highest BCUT2D eigenvalue weighted by atomic mass is 32.2. The molecule has 1 N–H and O–H groups in total. The Morgan fingerprint density at radius 3 is 2.44 bits per heavy atom. The molecule has 0 saturated carbocycles. The Labute approximate surface area is 212 Å². The van der Waals surface area contributed by atoms with Crippen LogP contribution in [0.2, 0.25) is 0 Å². The molecule has 2 aliphatic heterocycles. The third-order valence-electron chi connectivity index (χ3n) is 6.84. The molecule has 2 heterocycles. The monoisotopic (exact) mass is 509 g/mol. The van der Waals surface area contributed by atoms with Gasteiger partial charge in [-0.1, -0.05) is 30.3 Å². The van der Waals surface area contributed by atoms with E-state index in [9.17, 15) is 23.1 Å². The molecule has 0 amide bonds. The number of carbonyl (C=O) groups is 1. The molecule has 0 aromatic heterocycles. The zero-order chi connectivity index (χ0) is 25.2. The molecule has 36 heavy (non-hydrogen) atoms. The van der Waals surface area contributed by atoms with Gasteiger partial charge in [0.05, 0.1) is 12.2 Å². The minimum atomic E-state index is -0.997. The minimum absolute atomic E-state index is 0.202. The number of benzene rings is 3. The SMILES string of the molecule is O=C(O)c1ccc2c(c1)SCC(c1ccc(F)cc1F)=C2c1ccc(CC2CN(CCCF)C2)cc1. The summed E-state index contributed by atoms with van der Waals surface area (Å²) in [6, 6.07) is 16.8. The molecule has 1 fully saturated rings. The normalized spacial score (nSPS) is 16.1. The van der Waals surface area contributed by atoms with Crippen molar-refractivity contribution in [2.75, 3.05) is 32.1 Å². The summed E-state index contributed by atoms with van der Waals surface area (Å²) in [6.45, 7) is 2.50. The summed E-state index contributed by atoms with van der Waals surface area (Å²) in [5.74, 6) is -1.25. The highest BCUT2D eigenvalue weighted by molar-refractivity contribution is 7.99. The van der Waals surface area contributed by atoms with E-state index in [0.717, 1.165) is 59.3 Å². The molecule has 186 valence electrons. The van der Waals surface area contributed by atoms with Crippen molar-refractivity contribution in [3.05, 3.63) is 100 Å². The molecule has 5 rings (SSSR count). The average Bonchev–Trinajstić information content (AvgIpc) is 2.85. The summed E-state index contributed by atoms with van der Waals surface area (Å²) in [5, 5.41) is 9.42. The number of carboxylic acids is 1. The number of alkyl halides is 1. The van der Waals surface area contributed by atoms with Crippen LogP contribution < -0.4 is 0 Å². The van der Waals surface area contributed by atoms with Gasteiger partial charge in [0.1, 0.15) is 11.6 Å². The molecule has 2 aliphatic rings. The summed E-state index contributed by atoms with van der Waals surface area (Å²) in [4.78, 5) is 14.6. The Bertz CT molecular complexity index is 1320. The van der Waals surface area contributed by atoms with Crippen molar-refractivity contribution in [2.45, 2.75) is 17.7 Å². The quantitative estimate of drug-likeness (QED) is 0.373. The maximum Gasteiger partial charge on any atom is 0.335 e. The molecule has 0 aliphatic carbocycles. The summed E-state index contributed by atoms with van der Waals surface area (Å²) in [7, 11) is 0. The molecule has 0 radical (unpaired) electrons. The maximum atomic E-state index is 14.8. The van der Waals surface area contributed by atoms with Gasteiger partial charge in [0.15, 0.2) is 0 Å². The molecule has 3 aromatic rings. The molecule has 7 heteroatoms. The number of hydrogen-bond donors (Lipinski definition) is 1. The number of halogens is 3. The molecule has 0 atom stereocenters. The smallest absolute Gasteiger partial charge is 0.335 e. The van der Waals surface area contributed by atoms with Gasteiger partial charge < -0.3 is 10.0 Å². The van der Waals surface area contributed by atoms with Crippen LogP contribution in [0.15, 0.2) is 65.6 Å². The van der Waals surface area contributed by atoms with Gasteiger partial charge in [0.25, 0.3) is 0 Å². The van der Waals surface area contributed by atoms with Crippen molar-refractivity contribution in [1.29, 1.82) is 0 Å². The van der Waals surface area contributed by atoms with Gasteiger partial charge in [-0.3, -0.25) is 4.39 Å². The van der Waals surface area contributed by atoms with Crippen LogP contribution in [0.25, 0.3) is 11.1 Å². The van der Waals surface area contributed by atoms with Crippen LogP contribution in [-0.2, 0) is 6.42 Å². The van der Waals surface area contributed by atoms with Gasteiger partial charge in [0, 0.05) is 41.9 Å². The first-order valence-corrected chi connectivity index (χ1v) is 13.0. The van der Waals surface area contributed by atoms with Gasteiger partial charge in [-0.15, -0.1) is 11.8 Å². The van der Waals surface area contributed by atoms with Crippen LogP contribution in [0.4, 0.5) is 13.2 Å². The van der Waals surface area contributed by atoms with E-state index in [-0.39, 0.29) is 12.2 Å². The van der Waals surface area contributed by atoms with Crippen LogP contribution in [0, 0.1) is 17.6 Å². The molecule has 3 nitrogen and oxygen atoms in total. The average molecular weight is 510 g/mol. The summed E-state index contributed by atoms with van der Waals surface area (Å²) < 4.78 is 40.8. The second kappa shape index (κ2) is 10.5. The number of thioether (sulfide) groups is 1. The van der Waals surface area contributed by atoms with Crippen LogP contribution in [0.1, 0.15) is 39.0 Å². The van der Waals surface area contributed by atoms with E-state index in [0.29, 0.717) is 23.7 Å². The number of nitrogens with zero attached hydrogens (tertiary/aromatic N) is 1. The van der Waals surface area contributed by atoms with Gasteiger partial charge >= 0.3 is 5.97 Å². The number of carboxylic acid groups (broad SMARTS) is 1. The third kappa shape index (κ3) is 5.08. The van der Waals surface area contributed by atoms with Crippen LogP contribution >= 0.6 is 11.8 Å². The Morgan fingerprint density at radius 1 is 1.00 bits per heavy atom. The standard InChI is InChI=1S/C29H26F3NO2S/c30-10-1-11-33-15-19(16-33)12-18-2-4-20(5-3-18)28-24-8-6-21(29(34)35)13-27(24)36-17-25(28)23-9-7-22(31)14-26(23)32/h2-9,13-14,19H,1,10-12,15-17H2,(H,34,35). The third-order valence-corrected chi connectivity index (χ3v) is 7.92. The fraction of sp³-hybridized carbons (Fsp3) is 0.276. The lowest BCUT2D eigenvalue weighted by atomic mass is 9.87. The van der Waals surface area contributed by atoms with Crippen LogP contribution in [-0.4, -0.2) is 48.0 Å². The number of rotatable bonds is 8. The molecular formula is C29H26F3NO2S. The van der Waals surface area contributed by atoms with Crippen LogP contribution in [0.3, 0.4) is 0 Å². The Morgan fingerprint density at radius 2 is 1.75 bits per heavy atom. The zero-order valence-corrected chi connectivity index (χ0v) is 20.5. The molecular weight excluding hydrogens is 483 g/mol. The molecule has 0 unspecified atom stereocenters. The lowest BCUT2D eigenvalue weighted by molar-refractivity contribution is 0.0696. The molecule has 0 spiro atoms. The highest BCUT2D eigenvalue weighted by Crippen LogP contribution is 2.45. The summed E-state index contributed by atoms with van der Waals surface area (Å²) in [6.07, 6.45) is 1.53. The fourth-order valence-electron chi connectivity index (χ4n) is 5.06. The Kier molecular flexibility index (Phi) is 7.21. The predicted molar refractivity (Wildman–Crippen MR) is 137 cm³/mol. The van der Waals surface area contributed by atoms with Gasteiger partial charge in [-0.05, 0) is 70.9 Å². The Balaban J connectivity index is 1.48.